The minimum absolute atomic E-state index is 0. The average Bonchev–Trinajstić information content (AvgIpc) is 1.94. The van der Waals surface area contributed by atoms with Crippen LogP contribution < -0.4 is 0 Å². The quantitative estimate of drug-likeness (QED) is 0.786. The Morgan fingerprint density at radius 3 is 2.33 bits per heavy atom. The van der Waals surface area contributed by atoms with Gasteiger partial charge < -0.3 is 5.11 Å². The largest absolute Gasteiger partial charge is 0.478 e. The van der Waals surface area contributed by atoms with Crippen molar-refractivity contribution >= 4 is 5.97 Å². The van der Waals surface area contributed by atoms with E-state index in [1.165, 1.54) is 0 Å². The molecule has 0 bridgehead atoms. The zero-order valence-electron chi connectivity index (χ0n) is 7.29. The van der Waals surface area contributed by atoms with Crippen LogP contribution in [0.15, 0.2) is 18.2 Å². The monoisotopic (exact) mass is 264 g/mol. The summed E-state index contributed by atoms with van der Waals surface area (Å²) in [6.45, 7) is 3.72. The van der Waals surface area contributed by atoms with Crippen molar-refractivity contribution in [3.8, 4) is 0 Å². The predicted octanol–water partition coefficient (Wildman–Crippen LogP) is 2.00. The third kappa shape index (κ3) is 2.30. The van der Waals surface area contributed by atoms with E-state index in [4.69, 9.17) is 5.11 Å². The summed E-state index contributed by atoms with van der Waals surface area (Å²) in [7, 11) is 0. The number of rotatable bonds is 1. The fourth-order valence-electron chi connectivity index (χ4n) is 0.983. The number of benzene rings is 1. The van der Waals surface area contributed by atoms with Gasteiger partial charge >= 0.3 is 5.97 Å². The third-order valence-electron chi connectivity index (χ3n) is 1.84. The van der Waals surface area contributed by atoms with Gasteiger partial charge in [-0.2, -0.15) is 0 Å². The molecule has 1 aromatic carbocycles. The van der Waals surface area contributed by atoms with Crippen molar-refractivity contribution in [2.45, 2.75) is 13.8 Å². The Kier molecular flexibility index (Phi) is 4.44. The Balaban J connectivity index is 0.00000121. The first-order valence-corrected chi connectivity index (χ1v) is 3.42. The Hall–Kier alpha value is -0.388. The molecule has 1 aromatic rings. The molecule has 60 valence electrons. The van der Waals surface area contributed by atoms with Crippen LogP contribution in [-0.2, 0) is 27.3 Å². The number of carboxylic acid groups (broad SMARTS) is 1. The summed E-state index contributed by atoms with van der Waals surface area (Å²) in [5.74, 6) is -0.855. The Morgan fingerprint density at radius 1 is 1.33 bits per heavy atom. The van der Waals surface area contributed by atoms with E-state index in [0.29, 0.717) is 5.56 Å². The van der Waals surface area contributed by atoms with Crippen molar-refractivity contribution in [1.82, 2.24) is 0 Å². The van der Waals surface area contributed by atoms with Crippen LogP contribution in [0.1, 0.15) is 21.5 Å². The summed E-state index contributed by atoms with van der Waals surface area (Å²) in [5.41, 5.74) is 2.26. The normalized spacial score (nSPS) is 8.83. The van der Waals surface area contributed by atoms with E-state index in [0.717, 1.165) is 11.1 Å². The third-order valence-corrected chi connectivity index (χ3v) is 1.84. The van der Waals surface area contributed by atoms with Gasteiger partial charge in [0.05, 0.1) is 5.56 Å². The molecule has 2 nitrogen and oxygen atoms in total. The van der Waals surface area contributed by atoms with Crippen molar-refractivity contribution in [3.05, 3.63) is 34.9 Å². The fraction of sp³-hybridized carbons (Fsp3) is 0.222. The smallest absolute Gasteiger partial charge is 0.335 e. The molecule has 0 atom stereocenters. The van der Waals surface area contributed by atoms with Gasteiger partial charge in [-0.15, -0.1) is 0 Å². The molecule has 0 aliphatic carbocycles. The molecule has 0 radical (unpaired) electrons. The molecule has 0 saturated carbocycles. The van der Waals surface area contributed by atoms with Gasteiger partial charge in [0, 0.05) is 27.3 Å². The maximum atomic E-state index is 10.6. The van der Waals surface area contributed by atoms with Crippen LogP contribution in [-0.4, -0.2) is 11.1 Å². The molecule has 0 spiro atoms. The second kappa shape index (κ2) is 4.59. The molecule has 0 unspecified atom stereocenters. The first-order chi connectivity index (χ1) is 5.13. The van der Waals surface area contributed by atoms with Gasteiger partial charge in [-0.25, -0.2) is 4.79 Å². The molecule has 0 aliphatic rings. The van der Waals surface area contributed by atoms with Gasteiger partial charge in [0.2, 0.25) is 0 Å². The van der Waals surface area contributed by atoms with Gasteiger partial charge in [-0.3, -0.25) is 0 Å². The first kappa shape index (κ1) is 11.6. The van der Waals surface area contributed by atoms with Crippen molar-refractivity contribution in [2.24, 2.45) is 0 Å². The summed E-state index contributed by atoms with van der Waals surface area (Å²) >= 11 is 0. The van der Waals surface area contributed by atoms with E-state index in [1.54, 1.807) is 12.1 Å². The molecule has 0 heterocycles. The van der Waals surface area contributed by atoms with Crippen LogP contribution in [0.25, 0.3) is 0 Å². The van der Waals surface area contributed by atoms with Gasteiger partial charge in [0.1, 0.15) is 0 Å². The van der Waals surface area contributed by atoms with Crippen LogP contribution in [0.4, 0.5) is 0 Å². The second-order valence-electron chi connectivity index (χ2n) is 2.55. The Labute approximate surface area is 91.8 Å². The Bertz CT molecular complexity index is 295. The molecule has 1 N–H and O–H groups in total. The molecule has 0 fully saturated rings. The molecular formula is C9H10CdO2. The molecule has 0 saturated heterocycles. The molecule has 0 aromatic heterocycles. The minimum atomic E-state index is -0.855. The van der Waals surface area contributed by atoms with Gasteiger partial charge in [-0.05, 0) is 31.0 Å². The van der Waals surface area contributed by atoms with Crippen molar-refractivity contribution < 1.29 is 37.2 Å². The van der Waals surface area contributed by atoms with Crippen LogP contribution >= 0.6 is 0 Å². The van der Waals surface area contributed by atoms with E-state index in [1.807, 2.05) is 19.9 Å². The topological polar surface area (TPSA) is 37.3 Å². The summed E-state index contributed by atoms with van der Waals surface area (Å²) in [6.07, 6.45) is 0. The van der Waals surface area contributed by atoms with Crippen molar-refractivity contribution in [1.29, 1.82) is 0 Å². The predicted molar refractivity (Wildman–Crippen MR) is 42.9 cm³/mol. The number of carboxylic acids is 1. The number of aryl methyl sites for hydroxylation is 1. The molecule has 12 heavy (non-hydrogen) atoms. The van der Waals surface area contributed by atoms with Crippen LogP contribution in [0.2, 0.25) is 0 Å². The summed E-state index contributed by atoms with van der Waals surface area (Å²) in [5, 5.41) is 8.69. The van der Waals surface area contributed by atoms with Crippen LogP contribution in [0.3, 0.4) is 0 Å². The Morgan fingerprint density at radius 2 is 1.92 bits per heavy atom. The minimum Gasteiger partial charge on any atom is -0.478 e. The molecule has 0 amide bonds. The van der Waals surface area contributed by atoms with E-state index >= 15 is 0 Å². The molecule has 3 heteroatoms. The summed E-state index contributed by atoms with van der Waals surface area (Å²) in [4.78, 5) is 10.6. The first-order valence-electron chi connectivity index (χ1n) is 3.42. The fourth-order valence-corrected chi connectivity index (χ4v) is 0.983. The molecule has 1 rings (SSSR count). The van der Waals surface area contributed by atoms with Gasteiger partial charge in [-0.1, -0.05) is 12.1 Å². The number of hydrogen-bond acceptors (Lipinski definition) is 1. The second-order valence-corrected chi connectivity index (χ2v) is 2.55. The van der Waals surface area contributed by atoms with Gasteiger partial charge in [0.15, 0.2) is 0 Å². The van der Waals surface area contributed by atoms with Crippen LogP contribution in [0, 0.1) is 13.8 Å². The summed E-state index contributed by atoms with van der Waals surface area (Å²) in [6, 6.07) is 5.28. The molecular weight excluding hydrogens is 253 g/mol. The van der Waals surface area contributed by atoms with Crippen LogP contribution in [0.5, 0.6) is 0 Å². The van der Waals surface area contributed by atoms with Crippen molar-refractivity contribution in [3.63, 3.8) is 0 Å². The maximum Gasteiger partial charge on any atom is 0.335 e. The zero-order valence-corrected chi connectivity index (χ0v) is 11.3. The molecule has 0 aliphatic heterocycles. The summed E-state index contributed by atoms with van der Waals surface area (Å²) < 4.78 is 0. The standard InChI is InChI=1S/C9H10O2.Cd/c1-6-4-3-5-8(7(6)2)9(10)11;/h3-5H,1-2H3,(H,10,11);. The SMILES string of the molecule is Cc1cccc(C(=O)O)c1C.[Cd]. The van der Waals surface area contributed by atoms with Gasteiger partial charge in [0.25, 0.3) is 0 Å². The zero-order chi connectivity index (χ0) is 8.43. The van der Waals surface area contributed by atoms with Crippen molar-refractivity contribution in [2.75, 3.05) is 0 Å². The number of carbonyl (C=O) groups is 1. The van der Waals surface area contributed by atoms with E-state index in [9.17, 15) is 4.79 Å². The van der Waals surface area contributed by atoms with E-state index in [2.05, 4.69) is 0 Å². The number of aromatic carboxylic acids is 1. The van der Waals surface area contributed by atoms with E-state index < -0.39 is 5.97 Å². The maximum absolute atomic E-state index is 10.6. The van der Waals surface area contributed by atoms with E-state index in [-0.39, 0.29) is 27.3 Å². The average molecular weight is 263 g/mol. The number of hydrogen-bond donors (Lipinski definition) is 1.